The number of benzene rings is 1. The lowest BCUT2D eigenvalue weighted by Gasteiger charge is -2.09. The van der Waals surface area contributed by atoms with Crippen molar-refractivity contribution in [2.75, 3.05) is 0 Å². The molecule has 7 heteroatoms. The van der Waals surface area contributed by atoms with Crippen LogP contribution in [0.5, 0.6) is 0 Å². The van der Waals surface area contributed by atoms with Crippen LogP contribution in [0.3, 0.4) is 0 Å². The van der Waals surface area contributed by atoms with Gasteiger partial charge in [0.1, 0.15) is 6.33 Å². The highest BCUT2D eigenvalue weighted by molar-refractivity contribution is 5.82. The van der Waals surface area contributed by atoms with E-state index in [1.165, 1.54) is 0 Å². The normalized spacial score (nSPS) is 20.1. The average Bonchev–Trinajstić information content (AvgIpc) is 3.03. The first-order chi connectivity index (χ1) is 11.7. The molecule has 1 aliphatic carbocycles. The van der Waals surface area contributed by atoms with Gasteiger partial charge in [0.05, 0.1) is 22.8 Å². The van der Waals surface area contributed by atoms with Gasteiger partial charge < -0.3 is 0 Å². The highest BCUT2D eigenvalue weighted by Crippen LogP contribution is 2.47. The van der Waals surface area contributed by atoms with Crippen LogP contribution < -0.4 is 5.56 Å². The van der Waals surface area contributed by atoms with E-state index in [4.69, 9.17) is 0 Å². The standard InChI is InChI=1S/C17H16N6O/c1-10-7-12(10)14-8-19-20-23(14)15-16-21(2)17(24)11-5-3-4-6-13(11)22(16)9-18-15/h3-6,8-10,12H,7H2,1-2H3. The zero-order valence-electron chi connectivity index (χ0n) is 13.4. The summed E-state index contributed by atoms with van der Waals surface area (Å²) in [5.74, 6) is 1.75. The van der Waals surface area contributed by atoms with Crippen LogP contribution in [0.1, 0.15) is 25.0 Å². The number of nitrogens with zero attached hydrogens (tertiary/aromatic N) is 6. The second-order valence-electron chi connectivity index (χ2n) is 6.53. The topological polar surface area (TPSA) is 70.0 Å². The van der Waals surface area contributed by atoms with Crippen LogP contribution >= 0.6 is 0 Å². The van der Waals surface area contributed by atoms with E-state index in [0.29, 0.717) is 23.0 Å². The van der Waals surface area contributed by atoms with Crippen LogP contribution in [0.4, 0.5) is 0 Å². The Morgan fingerprint density at radius 3 is 2.83 bits per heavy atom. The fourth-order valence-electron chi connectivity index (χ4n) is 3.51. The maximum absolute atomic E-state index is 12.7. The monoisotopic (exact) mass is 320 g/mol. The Hall–Kier alpha value is -2.96. The van der Waals surface area contributed by atoms with E-state index in [1.807, 2.05) is 28.7 Å². The second-order valence-corrected chi connectivity index (χ2v) is 6.53. The van der Waals surface area contributed by atoms with E-state index in [1.54, 1.807) is 28.8 Å². The first-order valence-electron chi connectivity index (χ1n) is 8.02. The predicted octanol–water partition coefficient (Wildman–Crippen LogP) is 1.89. The third-order valence-corrected chi connectivity index (χ3v) is 5.01. The van der Waals surface area contributed by atoms with E-state index in [2.05, 4.69) is 22.2 Å². The van der Waals surface area contributed by atoms with Gasteiger partial charge in [0.2, 0.25) is 0 Å². The largest absolute Gasteiger partial charge is 0.294 e. The molecule has 5 rings (SSSR count). The van der Waals surface area contributed by atoms with Crippen molar-refractivity contribution in [3.8, 4) is 5.82 Å². The Morgan fingerprint density at radius 1 is 1.25 bits per heavy atom. The molecule has 0 radical (unpaired) electrons. The number of rotatable bonds is 2. The molecule has 3 heterocycles. The van der Waals surface area contributed by atoms with E-state index >= 15 is 0 Å². The molecule has 0 bridgehead atoms. The van der Waals surface area contributed by atoms with Crippen LogP contribution in [0.25, 0.3) is 22.4 Å². The number of hydrogen-bond acceptors (Lipinski definition) is 4. The number of fused-ring (bicyclic) bond motifs is 3. The van der Waals surface area contributed by atoms with Gasteiger partial charge in [0.15, 0.2) is 11.5 Å². The zero-order valence-corrected chi connectivity index (χ0v) is 13.4. The molecule has 120 valence electrons. The van der Waals surface area contributed by atoms with Gasteiger partial charge in [0, 0.05) is 13.0 Å². The van der Waals surface area contributed by atoms with Crippen molar-refractivity contribution in [3.63, 3.8) is 0 Å². The van der Waals surface area contributed by atoms with Crippen LogP contribution in [0.15, 0.2) is 41.6 Å². The Morgan fingerprint density at radius 2 is 2.04 bits per heavy atom. The van der Waals surface area contributed by atoms with Crippen molar-refractivity contribution in [1.29, 1.82) is 0 Å². The summed E-state index contributed by atoms with van der Waals surface area (Å²) in [7, 11) is 1.77. The summed E-state index contributed by atoms with van der Waals surface area (Å²) in [6, 6.07) is 7.56. The smallest absolute Gasteiger partial charge is 0.261 e. The Labute approximate surface area is 137 Å². The summed E-state index contributed by atoms with van der Waals surface area (Å²) in [4.78, 5) is 17.3. The molecule has 1 aromatic carbocycles. The molecule has 24 heavy (non-hydrogen) atoms. The summed E-state index contributed by atoms with van der Waals surface area (Å²) >= 11 is 0. The maximum Gasteiger partial charge on any atom is 0.261 e. The van der Waals surface area contributed by atoms with Gasteiger partial charge >= 0.3 is 0 Å². The summed E-state index contributed by atoms with van der Waals surface area (Å²) in [6.07, 6.45) is 4.69. The second kappa shape index (κ2) is 4.53. The van der Waals surface area contributed by atoms with Crippen molar-refractivity contribution in [2.24, 2.45) is 13.0 Å². The van der Waals surface area contributed by atoms with E-state index < -0.39 is 0 Å². The van der Waals surface area contributed by atoms with Crippen molar-refractivity contribution >= 4 is 16.6 Å². The van der Waals surface area contributed by atoms with Crippen LogP contribution in [0.2, 0.25) is 0 Å². The highest BCUT2D eigenvalue weighted by Gasteiger charge is 2.37. The van der Waals surface area contributed by atoms with Crippen molar-refractivity contribution in [2.45, 2.75) is 19.3 Å². The zero-order chi connectivity index (χ0) is 16.4. The molecule has 0 spiro atoms. The van der Waals surface area contributed by atoms with Crippen molar-refractivity contribution < 1.29 is 0 Å². The van der Waals surface area contributed by atoms with Crippen LogP contribution in [-0.2, 0) is 7.05 Å². The molecule has 1 aliphatic rings. The van der Waals surface area contributed by atoms with Gasteiger partial charge in [-0.05, 0) is 24.5 Å². The molecule has 2 atom stereocenters. The first-order valence-corrected chi connectivity index (χ1v) is 8.02. The fourth-order valence-corrected chi connectivity index (χ4v) is 3.51. The predicted molar refractivity (Wildman–Crippen MR) is 89.4 cm³/mol. The fraction of sp³-hybridized carbons (Fsp3) is 0.294. The van der Waals surface area contributed by atoms with E-state index in [-0.39, 0.29) is 5.56 Å². The number of para-hydroxylation sites is 1. The molecular formula is C17H16N6O. The Kier molecular flexibility index (Phi) is 2.54. The quantitative estimate of drug-likeness (QED) is 0.565. The number of hydrogen-bond donors (Lipinski definition) is 0. The minimum atomic E-state index is -0.0405. The van der Waals surface area contributed by atoms with Crippen molar-refractivity contribution in [3.05, 3.63) is 52.8 Å². The number of imidazole rings is 1. The molecular weight excluding hydrogens is 304 g/mol. The molecule has 0 N–H and O–H groups in total. The van der Waals surface area contributed by atoms with E-state index in [0.717, 1.165) is 23.3 Å². The Balaban J connectivity index is 1.86. The number of aromatic nitrogens is 6. The number of aryl methyl sites for hydroxylation is 1. The third kappa shape index (κ3) is 1.66. The summed E-state index contributed by atoms with van der Waals surface area (Å²) in [5, 5.41) is 8.97. The van der Waals surface area contributed by atoms with Gasteiger partial charge in [0.25, 0.3) is 5.56 Å². The van der Waals surface area contributed by atoms with E-state index in [9.17, 15) is 4.79 Å². The lowest BCUT2D eigenvalue weighted by Crippen LogP contribution is -2.20. The van der Waals surface area contributed by atoms with Gasteiger partial charge in [-0.15, -0.1) is 5.10 Å². The maximum atomic E-state index is 12.7. The highest BCUT2D eigenvalue weighted by atomic mass is 16.1. The lowest BCUT2D eigenvalue weighted by molar-refractivity contribution is 0.732. The van der Waals surface area contributed by atoms with Gasteiger partial charge in [-0.2, -0.15) is 4.68 Å². The molecule has 7 nitrogen and oxygen atoms in total. The Bertz CT molecular complexity index is 1150. The minimum Gasteiger partial charge on any atom is -0.294 e. The SMILES string of the molecule is CC1CC1c1cnnn1-c1ncn2c3ccccc3c(=O)n(C)c12. The van der Waals surface area contributed by atoms with Gasteiger partial charge in [-0.1, -0.05) is 24.3 Å². The summed E-state index contributed by atoms with van der Waals surface area (Å²) in [5.41, 5.74) is 2.58. The first kappa shape index (κ1) is 13.5. The van der Waals surface area contributed by atoms with Gasteiger partial charge in [-0.3, -0.25) is 13.8 Å². The molecule has 0 saturated heterocycles. The minimum absolute atomic E-state index is 0.0405. The summed E-state index contributed by atoms with van der Waals surface area (Å²) < 4.78 is 5.35. The molecule has 3 aromatic heterocycles. The van der Waals surface area contributed by atoms with Crippen LogP contribution in [-0.4, -0.2) is 28.9 Å². The molecule has 1 saturated carbocycles. The molecule has 0 amide bonds. The molecule has 2 unspecified atom stereocenters. The van der Waals surface area contributed by atoms with Crippen molar-refractivity contribution in [1.82, 2.24) is 28.9 Å². The lowest BCUT2D eigenvalue weighted by atomic mass is 10.2. The summed E-state index contributed by atoms with van der Waals surface area (Å²) in [6.45, 7) is 2.22. The molecule has 4 aromatic rings. The third-order valence-electron chi connectivity index (χ3n) is 5.01. The van der Waals surface area contributed by atoms with Gasteiger partial charge in [-0.25, -0.2) is 4.98 Å². The van der Waals surface area contributed by atoms with Crippen LogP contribution in [0, 0.1) is 5.92 Å². The average molecular weight is 320 g/mol. The molecule has 1 fully saturated rings. The molecule has 0 aliphatic heterocycles.